The Morgan fingerprint density at radius 1 is 1.15 bits per heavy atom. The van der Waals surface area contributed by atoms with Gasteiger partial charge < -0.3 is 34.5 Å². The fraction of sp³-hybridized carbons (Fsp3) is 0.581. The number of fused-ring (bicyclic) bond motifs is 2. The number of hydrogen-bond donors (Lipinski definition) is 4. The molecule has 5 atom stereocenters. The number of nitrogens with zero attached hydrogens (tertiary/aromatic N) is 1. The Labute approximate surface area is 244 Å². The molecule has 0 aliphatic carbocycles. The average molecular weight is 587 g/mol. The molecule has 41 heavy (non-hydrogen) atoms. The number of ether oxygens (including phenoxy) is 3. The molecule has 0 saturated heterocycles. The molecule has 2 aromatic carbocycles. The van der Waals surface area contributed by atoms with Crippen LogP contribution in [0.3, 0.4) is 0 Å². The lowest BCUT2D eigenvalue weighted by Gasteiger charge is -2.44. The van der Waals surface area contributed by atoms with Gasteiger partial charge in [-0.05, 0) is 94.2 Å². The minimum atomic E-state index is -2.65. The first-order valence-electron chi connectivity index (χ1n) is 14.7. The predicted molar refractivity (Wildman–Crippen MR) is 161 cm³/mol. The highest BCUT2D eigenvalue weighted by molar-refractivity contribution is 6.71. The number of rotatable bonds is 13. The van der Waals surface area contributed by atoms with E-state index in [0.29, 0.717) is 38.2 Å². The normalized spacial score (nSPS) is 23.0. The maximum atomic E-state index is 13.9. The second kappa shape index (κ2) is 13.7. The Kier molecular flexibility index (Phi) is 10.5. The van der Waals surface area contributed by atoms with Gasteiger partial charge in [-0.2, -0.15) is 0 Å². The lowest BCUT2D eigenvalue weighted by atomic mass is 9.86. The van der Waals surface area contributed by atoms with Crippen molar-refractivity contribution in [2.45, 2.75) is 76.4 Å². The van der Waals surface area contributed by atoms with Crippen molar-refractivity contribution in [3.05, 3.63) is 47.5 Å². The van der Waals surface area contributed by atoms with Crippen molar-refractivity contribution in [3.8, 4) is 11.5 Å². The Balaban J connectivity index is 1.72. The lowest BCUT2D eigenvalue weighted by Crippen LogP contribution is -2.50. The Morgan fingerprint density at radius 3 is 2.59 bits per heavy atom. The van der Waals surface area contributed by atoms with Crippen molar-refractivity contribution in [2.24, 2.45) is 5.92 Å². The molecule has 2 aliphatic heterocycles. The van der Waals surface area contributed by atoms with Gasteiger partial charge in [-0.3, -0.25) is 9.69 Å². The minimum absolute atomic E-state index is 0.0195. The van der Waals surface area contributed by atoms with Crippen LogP contribution in [0.4, 0.5) is 11.4 Å². The second-order valence-electron chi connectivity index (χ2n) is 11.6. The van der Waals surface area contributed by atoms with Crippen LogP contribution in [0, 0.1) is 5.92 Å². The van der Waals surface area contributed by atoms with E-state index in [-0.39, 0.29) is 42.8 Å². The molecule has 0 aromatic heterocycles. The van der Waals surface area contributed by atoms with E-state index < -0.39 is 14.4 Å². The zero-order valence-corrected chi connectivity index (χ0v) is 25.9. The Hall–Kier alpha value is -2.47. The molecule has 2 heterocycles. The van der Waals surface area contributed by atoms with E-state index in [9.17, 15) is 14.7 Å². The summed E-state index contributed by atoms with van der Waals surface area (Å²) in [6.07, 6.45) is 1.85. The van der Waals surface area contributed by atoms with Crippen LogP contribution in [-0.4, -0.2) is 74.9 Å². The fourth-order valence-corrected chi connectivity index (χ4v) is 8.29. The first-order valence-corrected chi connectivity index (χ1v) is 17.8. The smallest absolute Gasteiger partial charge is 0.249 e. The highest BCUT2D eigenvalue weighted by atomic mass is 28.4. The summed E-state index contributed by atoms with van der Waals surface area (Å²) >= 11 is 0. The van der Waals surface area contributed by atoms with Gasteiger partial charge in [0.1, 0.15) is 17.6 Å². The summed E-state index contributed by atoms with van der Waals surface area (Å²) in [5.41, 5.74) is 3.25. The molecule has 0 fully saturated rings. The number of unbranched alkanes of at least 4 members (excludes halogenated alkanes) is 1. The number of nitrogens with one attached hydrogen (secondary N) is 1. The molecule has 4 N–H and O–H groups in total. The molecule has 2 aliphatic rings. The van der Waals surface area contributed by atoms with Crippen LogP contribution in [0.15, 0.2) is 36.4 Å². The summed E-state index contributed by atoms with van der Waals surface area (Å²) in [4.78, 5) is 26.7. The largest absolute Gasteiger partial charge is 0.494 e. The minimum Gasteiger partial charge on any atom is -0.494 e. The monoisotopic (exact) mass is 586 g/mol. The van der Waals surface area contributed by atoms with Crippen LogP contribution >= 0.6 is 0 Å². The van der Waals surface area contributed by atoms with Gasteiger partial charge in [-0.1, -0.05) is 6.92 Å². The van der Waals surface area contributed by atoms with Crippen molar-refractivity contribution in [1.82, 2.24) is 5.32 Å². The number of methoxy groups -OCH3 is 1. The average Bonchev–Trinajstić information content (AvgIpc) is 2.93. The van der Waals surface area contributed by atoms with Gasteiger partial charge in [0, 0.05) is 43.0 Å². The van der Waals surface area contributed by atoms with E-state index in [2.05, 4.69) is 12.2 Å². The third kappa shape index (κ3) is 6.79. The van der Waals surface area contributed by atoms with Crippen LogP contribution < -0.4 is 19.7 Å². The maximum Gasteiger partial charge on any atom is 0.249 e. The SMILES string of the molecule is CCOc1ccc2c(c1)CC(NCCCCO)C(=O)N2c1ccc2c(c1)[C@@H](OC)[C@H](C)[C@@H](C(CCO)[Si](C)(C)O)O2. The van der Waals surface area contributed by atoms with Gasteiger partial charge in [-0.25, -0.2) is 0 Å². The van der Waals surface area contributed by atoms with E-state index in [0.717, 1.165) is 34.7 Å². The standard InChI is InChI=1S/C31H46N2O7Si/c1-6-39-23-10-11-26-21(17-23)18-25(32-14-7-8-15-34)31(36)33(26)22-9-12-27-24(19-22)29(38-3)20(2)30(40-27)28(13-16-35)41(4,5)37/h9-12,17,19-20,25,28-30,32,34-35,37H,6-8,13-16,18H2,1-5H3/t20-,25?,28?,29-,30-/m0/s1. The van der Waals surface area contributed by atoms with E-state index in [1.54, 1.807) is 12.0 Å². The first-order chi connectivity index (χ1) is 19.6. The fourth-order valence-electron chi connectivity index (χ4n) is 6.28. The molecule has 0 spiro atoms. The van der Waals surface area contributed by atoms with Gasteiger partial charge in [-0.15, -0.1) is 0 Å². The number of anilines is 2. The predicted octanol–water partition coefficient (Wildman–Crippen LogP) is 4.07. The number of hydrogen-bond acceptors (Lipinski definition) is 8. The summed E-state index contributed by atoms with van der Waals surface area (Å²) in [5.74, 6) is 1.31. The molecule has 0 radical (unpaired) electrons. The van der Waals surface area contributed by atoms with Crippen LogP contribution in [0.1, 0.15) is 50.3 Å². The van der Waals surface area contributed by atoms with Gasteiger partial charge >= 0.3 is 0 Å². The van der Waals surface area contributed by atoms with Gasteiger partial charge in [0.2, 0.25) is 5.91 Å². The zero-order chi connectivity index (χ0) is 29.7. The summed E-state index contributed by atoms with van der Waals surface area (Å²) < 4.78 is 18.3. The molecular formula is C31H46N2O7Si. The molecule has 9 nitrogen and oxygen atoms in total. The highest BCUT2D eigenvalue weighted by Crippen LogP contribution is 2.48. The van der Waals surface area contributed by atoms with Crippen LogP contribution in [0.5, 0.6) is 11.5 Å². The van der Waals surface area contributed by atoms with Gasteiger partial charge in [0.05, 0.1) is 24.4 Å². The number of benzene rings is 2. The van der Waals surface area contributed by atoms with Crippen molar-refractivity contribution < 1.29 is 34.0 Å². The molecule has 2 aromatic rings. The van der Waals surface area contributed by atoms with E-state index in [1.165, 1.54) is 0 Å². The molecule has 2 unspecified atom stereocenters. The quantitative estimate of drug-likeness (QED) is 0.205. The van der Waals surface area contributed by atoms with Crippen LogP contribution in [-0.2, 0) is 16.0 Å². The summed E-state index contributed by atoms with van der Waals surface area (Å²) in [6.45, 7) is 9.07. The maximum absolute atomic E-state index is 13.9. The van der Waals surface area contributed by atoms with Crippen molar-refractivity contribution in [1.29, 1.82) is 0 Å². The zero-order valence-electron chi connectivity index (χ0n) is 24.9. The number of carbonyl (C=O) groups is 1. The highest BCUT2D eigenvalue weighted by Gasteiger charge is 2.46. The molecular weight excluding hydrogens is 540 g/mol. The summed E-state index contributed by atoms with van der Waals surface area (Å²) in [6, 6.07) is 11.2. The Morgan fingerprint density at radius 2 is 1.93 bits per heavy atom. The van der Waals surface area contributed by atoms with E-state index in [1.807, 2.05) is 56.4 Å². The number of aliphatic hydroxyl groups is 2. The molecule has 226 valence electrons. The van der Waals surface area contributed by atoms with E-state index >= 15 is 0 Å². The molecule has 10 heteroatoms. The van der Waals surface area contributed by atoms with Crippen LogP contribution in [0.2, 0.25) is 18.6 Å². The number of carbonyl (C=O) groups excluding carboxylic acids is 1. The molecule has 0 saturated carbocycles. The summed E-state index contributed by atoms with van der Waals surface area (Å²) in [7, 11) is -0.974. The third-order valence-electron chi connectivity index (χ3n) is 8.34. The summed E-state index contributed by atoms with van der Waals surface area (Å²) in [5, 5.41) is 22.3. The van der Waals surface area contributed by atoms with E-state index in [4.69, 9.17) is 19.3 Å². The number of amides is 1. The molecule has 0 bridgehead atoms. The van der Waals surface area contributed by atoms with Crippen molar-refractivity contribution >= 4 is 25.6 Å². The van der Waals surface area contributed by atoms with Gasteiger partial charge in [0.25, 0.3) is 0 Å². The third-order valence-corrected chi connectivity index (χ3v) is 10.8. The lowest BCUT2D eigenvalue weighted by molar-refractivity contribution is -0.120. The number of aliphatic hydroxyl groups excluding tert-OH is 2. The van der Waals surface area contributed by atoms with Gasteiger partial charge in [0.15, 0.2) is 8.32 Å². The Bertz CT molecular complexity index is 1190. The second-order valence-corrected chi connectivity index (χ2v) is 15.7. The molecule has 4 rings (SSSR count). The van der Waals surface area contributed by atoms with Crippen LogP contribution in [0.25, 0.3) is 0 Å². The topological polar surface area (TPSA) is 121 Å². The van der Waals surface area contributed by atoms with Crippen molar-refractivity contribution in [2.75, 3.05) is 38.4 Å². The first kappa shape index (κ1) is 31.5. The molecule has 1 amide bonds. The van der Waals surface area contributed by atoms with Crippen molar-refractivity contribution in [3.63, 3.8) is 0 Å².